The fraction of sp³-hybridized carbons (Fsp3) is 0.625. The molecule has 0 saturated carbocycles. The van der Waals surface area contributed by atoms with Crippen LogP contribution in [0.3, 0.4) is 0 Å². The molecular formula is C16H27NO. The Morgan fingerprint density at radius 2 is 1.83 bits per heavy atom. The van der Waals surface area contributed by atoms with Crippen molar-refractivity contribution in [3.05, 3.63) is 35.4 Å². The van der Waals surface area contributed by atoms with E-state index in [1.165, 1.54) is 24.0 Å². The minimum atomic E-state index is 0.396. The summed E-state index contributed by atoms with van der Waals surface area (Å²) in [5, 5.41) is 3.60. The van der Waals surface area contributed by atoms with Crippen LogP contribution in [-0.2, 0) is 11.2 Å². The lowest BCUT2D eigenvalue weighted by atomic mass is 10.0. The van der Waals surface area contributed by atoms with Gasteiger partial charge in [-0.3, -0.25) is 0 Å². The van der Waals surface area contributed by atoms with E-state index in [0.29, 0.717) is 12.1 Å². The fourth-order valence-corrected chi connectivity index (χ4v) is 2.16. The first-order valence-electron chi connectivity index (χ1n) is 7.01. The van der Waals surface area contributed by atoms with Gasteiger partial charge >= 0.3 is 0 Å². The molecule has 2 heteroatoms. The van der Waals surface area contributed by atoms with Crippen molar-refractivity contribution in [3.63, 3.8) is 0 Å². The molecule has 0 bridgehead atoms. The highest BCUT2D eigenvalue weighted by molar-refractivity contribution is 5.24. The minimum absolute atomic E-state index is 0.396. The number of aryl methyl sites for hydroxylation is 1. The van der Waals surface area contributed by atoms with Crippen molar-refractivity contribution in [2.45, 2.75) is 52.1 Å². The van der Waals surface area contributed by atoms with Crippen LogP contribution in [0, 0.1) is 0 Å². The molecule has 1 aromatic rings. The Labute approximate surface area is 112 Å². The highest BCUT2D eigenvalue weighted by Gasteiger charge is 2.09. The summed E-state index contributed by atoms with van der Waals surface area (Å²) in [4.78, 5) is 0. The predicted molar refractivity (Wildman–Crippen MR) is 77.9 cm³/mol. The molecule has 1 aromatic carbocycles. The van der Waals surface area contributed by atoms with E-state index in [1.807, 2.05) is 0 Å². The lowest BCUT2D eigenvalue weighted by Crippen LogP contribution is -2.29. The van der Waals surface area contributed by atoms with Crippen molar-refractivity contribution in [2.24, 2.45) is 0 Å². The van der Waals surface area contributed by atoms with E-state index in [9.17, 15) is 0 Å². The van der Waals surface area contributed by atoms with E-state index in [1.54, 1.807) is 7.11 Å². The van der Waals surface area contributed by atoms with Gasteiger partial charge in [0, 0.05) is 25.8 Å². The molecule has 0 amide bonds. The first-order chi connectivity index (χ1) is 8.67. The summed E-state index contributed by atoms with van der Waals surface area (Å²) in [6.45, 7) is 7.46. The summed E-state index contributed by atoms with van der Waals surface area (Å²) in [5.41, 5.74) is 2.79. The second-order valence-corrected chi connectivity index (χ2v) is 5.06. The molecule has 1 N–H and O–H groups in total. The van der Waals surface area contributed by atoms with Crippen molar-refractivity contribution < 1.29 is 4.74 Å². The first-order valence-corrected chi connectivity index (χ1v) is 7.01. The minimum Gasteiger partial charge on any atom is -0.385 e. The molecule has 2 unspecified atom stereocenters. The van der Waals surface area contributed by atoms with E-state index < -0.39 is 0 Å². The lowest BCUT2D eigenvalue weighted by Gasteiger charge is -2.20. The van der Waals surface area contributed by atoms with Gasteiger partial charge in [-0.1, -0.05) is 37.6 Å². The Bertz CT molecular complexity index is 320. The quantitative estimate of drug-likeness (QED) is 0.758. The number of benzene rings is 1. The molecule has 0 aromatic heterocycles. The molecule has 1 rings (SSSR count). The van der Waals surface area contributed by atoms with Gasteiger partial charge < -0.3 is 10.1 Å². The molecule has 0 saturated heterocycles. The topological polar surface area (TPSA) is 21.3 Å². The largest absolute Gasteiger partial charge is 0.385 e. The van der Waals surface area contributed by atoms with Crippen molar-refractivity contribution in [2.75, 3.05) is 13.7 Å². The van der Waals surface area contributed by atoms with Crippen LogP contribution < -0.4 is 5.32 Å². The highest BCUT2D eigenvalue weighted by Crippen LogP contribution is 2.15. The van der Waals surface area contributed by atoms with Crippen molar-refractivity contribution in [1.82, 2.24) is 5.32 Å². The van der Waals surface area contributed by atoms with Crippen LogP contribution in [0.5, 0.6) is 0 Å². The maximum atomic E-state index is 5.10. The molecule has 2 atom stereocenters. The summed E-state index contributed by atoms with van der Waals surface area (Å²) in [6, 6.07) is 9.85. The second-order valence-electron chi connectivity index (χ2n) is 5.06. The Morgan fingerprint density at radius 3 is 2.39 bits per heavy atom. The zero-order chi connectivity index (χ0) is 13.4. The Hall–Kier alpha value is -0.860. The third kappa shape index (κ3) is 5.19. The summed E-state index contributed by atoms with van der Waals surface area (Å²) in [5.74, 6) is 0. The zero-order valence-electron chi connectivity index (χ0n) is 12.2. The maximum Gasteiger partial charge on any atom is 0.0476 e. The average molecular weight is 249 g/mol. The molecule has 0 heterocycles. The van der Waals surface area contributed by atoms with Crippen molar-refractivity contribution >= 4 is 0 Å². The van der Waals surface area contributed by atoms with Crippen LogP contribution in [-0.4, -0.2) is 19.8 Å². The monoisotopic (exact) mass is 249 g/mol. The van der Waals surface area contributed by atoms with Crippen molar-refractivity contribution in [3.8, 4) is 0 Å². The van der Waals surface area contributed by atoms with Gasteiger partial charge in [0.1, 0.15) is 0 Å². The van der Waals surface area contributed by atoms with Crippen LogP contribution in [0.15, 0.2) is 24.3 Å². The van der Waals surface area contributed by atoms with Crippen LogP contribution >= 0.6 is 0 Å². The number of ether oxygens (including phenoxy) is 1. The van der Waals surface area contributed by atoms with Gasteiger partial charge in [0.15, 0.2) is 0 Å². The standard InChI is InChI=1S/C16H27NO/c1-5-6-15-7-9-16(10-8-15)14(3)17-13(2)11-12-18-4/h7-10,13-14,17H,5-6,11-12H2,1-4H3. The van der Waals surface area contributed by atoms with Gasteiger partial charge in [-0.2, -0.15) is 0 Å². The summed E-state index contributed by atoms with van der Waals surface area (Å²) in [7, 11) is 1.75. The smallest absolute Gasteiger partial charge is 0.0476 e. The van der Waals surface area contributed by atoms with Crippen LogP contribution in [0.4, 0.5) is 0 Å². The molecule has 0 fully saturated rings. The summed E-state index contributed by atoms with van der Waals surface area (Å²) in [6.07, 6.45) is 3.43. The third-order valence-corrected chi connectivity index (χ3v) is 3.31. The molecule has 0 radical (unpaired) electrons. The molecule has 0 aliphatic carbocycles. The molecule has 18 heavy (non-hydrogen) atoms. The average Bonchev–Trinajstić information content (AvgIpc) is 2.37. The summed E-state index contributed by atoms with van der Waals surface area (Å²) >= 11 is 0. The Kier molecular flexibility index (Phi) is 6.99. The van der Waals surface area contributed by atoms with E-state index in [2.05, 4.69) is 50.4 Å². The van der Waals surface area contributed by atoms with Crippen molar-refractivity contribution in [1.29, 1.82) is 0 Å². The van der Waals surface area contributed by atoms with Gasteiger partial charge in [0.2, 0.25) is 0 Å². The molecule has 0 aliphatic heterocycles. The van der Waals surface area contributed by atoms with Gasteiger partial charge in [-0.25, -0.2) is 0 Å². The molecule has 0 aliphatic rings. The number of rotatable bonds is 8. The maximum absolute atomic E-state index is 5.10. The van der Waals surface area contributed by atoms with E-state index in [4.69, 9.17) is 4.74 Å². The number of hydrogen-bond acceptors (Lipinski definition) is 2. The molecular weight excluding hydrogens is 222 g/mol. The molecule has 102 valence electrons. The summed E-state index contributed by atoms with van der Waals surface area (Å²) < 4.78 is 5.10. The van der Waals surface area contributed by atoms with Gasteiger partial charge in [-0.05, 0) is 37.8 Å². The van der Waals surface area contributed by atoms with Crippen LogP contribution in [0.1, 0.15) is 50.8 Å². The SMILES string of the molecule is CCCc1ccc(C(C)NC(C)CCOC)cc1. The van der Waals surface area contributed by atoms with E-state index >= 15 is 0 Å². The molecule has 0 spiro atoms. The highest BCUT2D eigenvalue weighted by atomic mass is 16.5. The normalized spacial score (nSPS) is 14.4. The predicted octanol–water partition coefficient (Wildman–Crippen LogP) is 3.71. The lowest BCUT2D eigenvalue weighted by molar-refractivity contribution is 0.183. The third-order valence-electron chi connectivity index (χ3n) is 3.31. The molecule has 2 nitrogen and oxygen atoms in total. The second kappa shape index (κ2) is 8.28. The fourth-order valence-electron chi connectivity index (χ4n) is 2.16. The number of nitrogens with one attached hydrogen (secondary N) is 1. The number of methoxy groups -OCH3 is 1. The van der Waals surface area contributed by atoms with Crippen LogP contribution in [0.2, 0.25) is 0 Å². The Balaban J connectivity index is 2.47. The zero-order valence-corrected chi connectivity index (χ0v) is 12.2. The van der Waals surface area contributed by atoms with E-state index in [0.717, 1.165) is 13.0 Å². The van der Waals surface area contributed by atoms with Gasteiger partial charge in [-0.15, -0.1) is 0 Å². The Morgan fingerprint density at radius 1 is 1.17 bits per heavy atom. The number of hydrogen-bond donors (Lipinski definition) is 1. The van der Waals surface area contributed by atoms with Gasteiger partial charge in [0.05, 0.1) is 0 Å². The first kappa shape index (κ1) is 15.2. The van der Waals surface area contributed by atoms with Crippen LogP contribution in [0.25, 0.3) is 0 Å². The van der Waals surface area contributed by atoms with Gasteiger partial charge in [0.25, 0.3) is 0 Å². The van der Waals surface area contributed by atoms with E-state index in [-0.39, 0.29) is 0 Å².